The van der Waals surface area contributed by atoms with E-state index in [9.17, 15) is 4.39 Å². The molecule has 0 radical (unpaired) electrons. The Morgan fingerprint density at radius 2 is 1.84 bits per heavy atom. The van der Waals surface area contributed by atoms with Crippen molar-refractivity contribution in [1.82, 2.24) is 0 Å². The normalized spacial score (nSPS) is 12.4. The second-order valence-electron chi connectivity index (χ2n) is 4.78. The van der Waals surface area contributed by atoms with Crippen LogP contribution in [-0.4, -0.2) is 6.54 Å². The Balaban J connectivity index is 2.23. The molecular formula is C16H17ClFN. The van der Waals surface area contributed by atoms with Gasteiger partial charge in [-0.3, -0.25) is 0 Å². The number of rotatable bonds is 4. The zero-order valence-electron chi connectivity index (χ0n) is 10.9. The molecule has 0 aliphatic heterocycles. The summed E-state index contributed by atoms with van der Waals surface area (Å²) in [5.74, 6) is -0.122. The van der Waals surface area contributed by atoms with E-state index in [1.165, 1.54) is 11.6 Å². The lowest BCUT2D eigenvalue weighted by atomic mass is 9.91. The van der Waals surface area contributed by atoms with Crippen LogP contribution in [-0.2, 0) is 6.42 Å². The quantitative estimate of drug-likeness (QED) is 0.896. The Kier molecular flexibility index (Phi) is 4.56. The van der Waals surface area contributed by atoms with Gasteiger partial charge in [0.05, 0.1) is 0 Å². The third-order valence-electron chi connectivity index (χ3n) is 3.31. The Bertz CT molecular complexity index is 551. The highest BCUT2D eigenvalue weighted by Gasteiger charge is 2.13. The third-order valence-corrected chi connectivity index (χ3v) is 3.54. The van der Waals surface area contributed by atoms with Gasteiger partial charge in [0.25, 0.3) is 0 Å². The molecule has 0 spiro atoms. The summed E-state index contributed by atoms with van der Waals surface area (Å²) in [6, 6.07) is 12.8. The van der Waals surface area contributed by atoms with E-state index in [0.29, 0.717) is 23.6 Å². The molecule has 0 fully saturated rings. The maximum atomic E-state index is 13.7. The number of hydrogen-bond donors (Lipinski definition) is 1. The van der Waals surface area contributed by atoms with Crippen LogP contribution in [0.5, 0.6) is 0 Å². The monoisotopic (exact) mass is 277 g/mol. The molecule has 1 unspecified atom stereocenters. The molecule has 0 aliphatic rings. The van der Waals surface area contributed by atoms with Crippen LogP contribution in [0.3, 0.4) is 0 Å². The average Bonchev–Trinajstić information content (AvgIpc) is 2.41. The minimum Gasteiger partial charge on any atom is -0.330 e. The maximum absolute atomic E-state index is 13.7. The van der Waals surface area contributed by atoms with Crippen molar-refractivity contribution in [1.29, 1.82) is 0 Å². The molecular weight excluding hydrogens is 261 g/mol. The van der Waals surface area contributed by atoms with Gasteiger partial charge < -0.3 is 5.73 Å². The molecule has 2 N–H and O–H groups in total. The second kappa shape index (κ2) is 6.18. The summed E-state index contributed by atoms with van der Waals surface area (Å²) in [5, 5.41) is 0.552. The maximum Gasteiger partial charge on any atom is 0.126 e. The topological polar surface area (TPSA) is 26.0 Å². The van der Waals surface area contributed by atoms with E-state index in [0.717, 1.165) is 5.56 Å². The van der Waals surface area contributed by atoms with Crippen LogP contribution >= 0.6 is 11.6 Å². The standard InChI is InChI=1S/C16H17ClFN/c1-11-2-4-12(5-3-11)14(10-19)8-13-9-15(17)6-7-16(13)18/h2-7,9,14H,8,10,19H2,1H3. The van der Waals surface area contributed by atoms with Crippen molar-refractivity contribution in [3.8, 4) is 0 Å². The number of benzene rings is 2. The van der Waals surface area contributed by atoms with Crippen molar-refractivity contribution in [2.75, 3.05) is 6.54 Å². The van der Waals surface area contributed by atoms with Gasteiger partial charge in [0, 0.05) is 10.9 Å². The highest BCUT2D eigenvalue weighted by molar-refractivity contribution is 6.30. The van der Waals surface area contributed by atoms with Crippen LogP contribution in [0.4, 0.5) is 4.39 Å². The van der Waals surface area contributed by atoms with Gasteiger partial charge >= 0.3 is 0 Å². The summed E-state index contributed by atoms with van der Waals surface area (Å²) in [4.78, 5) is 0. The molecule has 0 bridgehead atoms. The predicted octanol–water partition coefficient (Wildman–Crippen LogP) is 4.07. The fourth-order valence-electron chi connectivity index (χ4n) is 2.14. The molecule has 0 heterocycles. The zero-order valence-corrected chi connectivity index (χ0v) is 11.6. The molecule has 2 aromatic rings. The molecule has 2 aromatic carbocycles. The van der Waals surface area contributed by atoms with Crippen LogP contribution in [0.1, 0.15) is 22.6 Å². The molecule has 0 saturated heterocycles. The predicted molar refractivity (Wildman–Crippen MR) is 78.1 cm³/mol. The molecule has 0 amide bonds. The fourth-order valence-corrected chi connectivity index (χ4v) is 2.34. The molecule has 1 nitrogen and oxygen atoms in total. The highest BCUT2D eigenvalue weighted by atomic mass is 35.5. The van der Waals surface area contributed by atoms with Crippen LogP contribution in [0.15, 0.2) is 42.5 Å². The van der Waals surface area contributed by atoms with Crippen molar-refractivity contribution in [3.05, 3.63) is 70.0 Å². The van der Waals surface area contributed by atoms with E-state index in [2.05, 4.69) is 12.1 Å². The van der Waals surface area contributed by atoms with Crippen LogP contribution in [0.25, 0.3) is 0 Å². The minimum absolute atomic E-state index is 0.105. The average molecular weight is 278 g/mol. The highest BCUT2D eigenvalue weighted by Crippen LogP contribution is 2.24. The number of aryl methyl sites for hydroxylation is 1. The Labute approximate surface area is 118 Å². The summed E-state index contributed by atoms with van der Waals surface area (Å²) in [6.45, 7) is 2.52. The van der Waals surface area contributed by atoms with Crippen molar-refractivity contribution in [3.63, 3.8) is 0 Å². The van der Waals surface area contributed by atoms with Gasteiger partial charge in [0.2, 0.25) is 0 Å². The molecule has 3 heteroatoms. The van der Waals surface area contributed by atoms with Gasteiger partial charge in [-0.2, -0.15) is 0 Å². The zero-order chi connectivity index (χ0) is 13.8. The van der Waals surface area contributed by atoms with Crippen LogP contribution in [0.2, 0.25) is 5.02 Å². The Morgan fingerprint density at radius 1 is 1.16 bits per heavy atom. The van der Waals surface area contributed by atoms with E-state index in [1.807, 2.05) is 19.1 Å². The first-order valence-electron chi connectivity index (χ1n) is 6.30. The summed E-state index contributed by atoms with van der Waals surface area (Å²) in [6.07, 6.45) is 0.561. The second-order valence-corrected chi connectivity index (χ2v) is 5.22. The van der Waals surface area contributed by atoms with Gasteiger partial charge in [-0.1, -0.05) is 41.4 Å². The van der Waals surface area contributed by atoms with Gasteiger partial charge in [-0.15, -0.1) is 0 Å². The van der Waals surface area contributed by atoms with Crippen molar-refractivity contribution in [2.24, 2.45) is 5.73 Å². The lowest BCUT2D eigenvalue weighted by molar-refractivity contribution is 0.590. The summed E-state index contributed by atoms with van der Waals surface area (Å²) >= 11 is 5.91. The van der Waals surface area contributed by atoms with Crippen molar-refractivity contribution < 1.29 is 4.39 Å². The molecule has 100 valence electrons. The van der Waals surface area contributed by atoms with Gasteiger partial charge in [-0.25, -0.2) is 4.39 Å². The van der Waals surface area contributed by atoms with E-state index in [1.54, 1.807) is 12.1 Å². The van der Waals surface area contributed by atoms with Crippen molar-refractivity contribution >= 4 is 11.6 Å². The van der Waals surface area contributed by atoms with E-state index in [-0.39, 0.29) is 11.7 Å². The molecule has 2 rings (SSSR count). The smallest absolute Gasteiger partial charge is 0.126 e. The lowest BCUT2D eigenvalue weighted by Crippen LogP contribution is -2.15. The van der Waals surface area contributed by atoms with E-state index >= 15 is 0 Å². The first-order valence-corrected chi connectivity index (χ1v) is 6.68. The summed E-state index contributed by atoms with van der Waals surface area (Å²) in [7, 11) is 0. The Morgan fingerprint density at radius 3 is 2.47 bits per heavy atom. The summed E-state index contributed by atoms with van der Waals surface area (Å²) < 4.78 is 13.7. The first-order chi connectivity index (χ1) is 9.10. The molecule has 1 atom stereocenters. The number of halogens is 2. The van der Waals surface area contributed by atoms with Gasteiger partial charge in [-0.05, 0) is 49.2 Å². The SMILES string of the molecule is Cc1ccc(C(CN)Cc2cc(Cl)ccc2F)cc1. The third kappa shape index (κ3) is 3.55. The minimum atomic E-state index is -0.227. The van der Waals surface area contributed by atoms with E-state index in [4.69, 9.17) is 17.3 Å². The van der Waals surface area contributed by atoms with Crippen molar-refractivity contribution in [2.45, 2.75) is 19.3 Å². The summed E-state index contributed by atoms with van der Waals surface area (Å²) in [5.41, 5.74) is 8.77. The Hall–Kier alpha value is -1.38. The first kappa shape index (κ1) is 14.0. The van der Waals surface area contributed by atoms with E-state index < -0.39 is 0 Å². The molecule has 0 aliphatic carbocycles. The van der Waals surface area contributed by atoms with Gasteiger partial charge in [0.15, 0.2) is 0 Å². The molecule has 19 heavy (non-hydrogen) atoms. The van der Waals surface area contributed by atoms with Gasteiger partial charge in [0.1, 0.15) is 5.82 Å². The van der Waals surface area contributed by atoms with Crippen LogP contribution < -0.4 is 5.73 Å². The number of hydrogen-bond acceptors (Lipinski definition) is 1. The largest absolute Gasteiger partial charge is 0.330 e. The van der Waals surface area contributed by atoms with Crippen LogP contribution in [0, 0.1) is 12.7 Å². The fraction of sp³-hybridized carbons (Fsp3) is 0.250. The molecule has 0 aromatic heterocycles. The number of nitrogens with two attached hydrogens (primary N) is 1. The molecule has 0 saturated carbocycles. The lowest BCUT2D eigenvalue weighted by Gasteiger charge is -2.16.